The van der Waals surface area contributed by atoms with Crippen LogP contribution >= 0.6 is 11.3 Å². The van der Waals surface area contributed by atoms with Crippen LogP contribution in [0.1, 0.15) is 16.1 Å². The summed E-state index contributed by atoms with van der Waals surface area (Å²) in [7, 11) is 1.38. The van der Waals surface area contributed by atoms with Gasteiger partial charge < -0.3 is 14.5 Å². The molecule has 0 atom stereocenters. The highest BCUT2D eigenvalue weighted by molar-refractivity contribution is 7.12. The number of nitrogens with zero attached hydrogens (tertiary/aromatic N) is 2. The Kier molecular flexibility index (Phi) is 4.19. The summed E-state index contributed by atoms with van der Waals surface area (Å²) in [5.41, 5.74) is 0. The number of hydrogen-bond acceptors (Lipinski definition) is 4. The number of hydrogen-bond donors (Lipinski definition) is 0. The van der Waals surface area contributed by atoms with E-state index in [1.165, 1.54) is 18.4 Å². The molecule has 98 valence electrons. The van der Waals surface area contributed by atoms with Crippen LogP contribution in [0.15, 0.2) is 17.5 Å². The number of amides is 2. The lowest BCUT2D eigenvalue weighted by Crippen LogP contribution is -2.37. The Bertz CT molecular complexity index is 419. The molecule has 1 aromatic heterocycles. The second-order valence-corrected chi connectivity index (χ2v) is 5.03. The smallest absolute Gasteiger partial charge is 0.409 e. The Hall–Kier alpha value is -1.56. The predicted molar refractivity (Wildman–Crippen MR) is 68.8 cm³/mol. The van der Waals surface area contributed by atoms with E-state index < -0.39 is 0 Å². The van der Waals surface area contributed by atoms with Gasteiger partial charge in [0, 0.05) is 26.2 Å². The molecule has 0 saturated carbocycles. The SMILES string of the molecule is COC(=O)N1CCCN(C(=O)c2cccs2)CC1. The van der Waals surface area contributed by atoms with Gasteiger partial charge in [0.15, 0.2) is 0 Å². The average Bonchev–Trinajstić information content (AvgIpc) is 2.81. The predicted octanol–water partition coefficient (Wildman–Crippen LogP) is 1.66. The number of methoxy groups -OCH3 is 1. The van der Waals surface area contributed by atoms with Crippen molar-refractivity contribution < 1.29 is 14.3 Å². The van der Waals surface area contributed by atoms with E-state index in [2.05, 4.69) is 0 Å². The molecule has 2 heterocycles. The van der Waals surface area contributed by atoms with Crippen molar-refractivity contribution in [2.75, 3.05) is 33.3 Å². The van der Waals surface area contributed by atoms with Crippen LogP contribution in [0.5, 0.6) is 0 Å². The molecule has 2 rings (SSSR count). The summed E-state index contributed by atoms with van der Waals surface area (Å²) in [6, 6.07) is 3.70. The fraction of sp³-hybridized carbons (Fsp3) is 0.500. The van der Waals surface area contributed by atoms with Crippen molar-refractivity contribution in [2.45, 2.75) is 6.42 Å². The molecule has 1 fully saturated rings. The second-order valence-electron chi connectivity index (χ2n) is 4.08. The van der Waals surface area contributed by atoms with Gasteiger partial charge in [-0.15, -0.1) is 11.3 Å². The van der Waals surface area contributed by atoms with Crippen LogP contribution < -0.4 is 0 Å². The van der Waals surface area contributed by atoms with Crippen LogP contribution in [0, 0.1) is 0 Å². The molecule has 18 heavy (non-hydrogen) atoms. The molecule has 0 radical (unpaired) electrons. The number of ether oxygens (including phenoxy) is 1. The number of thiophene rings is 1. The van der Waals surface area contributed by atoms with Gasteiger partial charge >= 0.3 is 6.09 Å². The molecular formula is C12H16N2O3S. The standard InChI is InChI=1S/C12H16N2O3S/c1-17-12(16)14-6-3-5-13(7-8-14)11(15)10-4-2-9-18-10/h2,4,9H,3,5-8H2,1H3. The van der Waals surface area contributed by atoms with E-state index in [0.717, 1.165) is 11.3 Å². The molecule has 1 aromatic rings. The maximum absolute atomic E-state index is 12.2. The average molecular weight is 268 g/mol. The molecule has 0 N–H and O–H groups in total. The molecule has 1 aliphatic rings. The quantitative estimate of drug-likeness (QED) is 0.778. The highest BCUT2D eigenvalue weighted by Crippen LogP contribution is 2.14. The van der Waals surface area contributed by atoms with Crippen LogP contribution in [0.3, 0.4) is 0 Å². The topological polar surface area (TPSA) is 49.9 Å². The van der Waals surface area contributed by atoms with Gasteiger partial charge in [-0.05, 0) is 17.9 Å². The molecule has 1 aliphatic heterocycles. The Balaban J connectivity index is 1.97. The minimum absolute atomic E-state index is 0.0525. The lowest BCUT2D eigenvalue weighted by molar-refractivity contribution is 0.0762. The Labute approximate surface area is 110 Å². The van der Waals surface area contributed by atoms with Gasteiger partial charge in [-0.25, -0.2) is 4.79 Å². The van der Waals surface area contributed by atoms with Crippen LogP contribution in [0.2, 0.25) is 0 Å². The van der Waals surface area contributed by atoms with Gasteiger partial charge in [-0.1, -0.05) is 6.07 Å². The largest absolute Gasteiger partial charge is 0.453 e. The van der Waals surface area contributed by atoms with Crippen molar-refractivity contribution in [1.82, 2.24) is 9.80 Å². The minimum Gasteiger partial charge on any atom is -0.453 e. The fourth-order valence-electron chi connectivity index (χ4n) is 1.99. The zero-order chi connectivity index (χ0) is 13.0. The van der Waals surface area contributed by atoms with Gasteiger partial charge in [0.1, 0.15) is 0 Å². The van der Waals surface area contributed by atoms with E-state index in [-0.39, 0.29) is 12.0 Å². The lowest BCUT2D eigenvalue weighted by Gasteiger charge is -2.20. The van der Waals surface area contributed by atoms with Crippen molar-refractivity contribution in [1.29, 1.82) is 0 Å². The highest BCUT2D eigenvalue weighted by Gasteiger charge is 2.23. The molecule has 5 nitrogen and oxygen atoms in total. The molecular weight excluding hydrogens is 252 g/mol. The van der Waals surface area contributed by atoms with Gasteiger partial charge in [0.2, 0.25) is 0 Å². The monoisotopic (exact) mass is 268 g/mol. The van der Waals surface area contributed by atoms with Crippen LogP contribution in [-0.4, -0.2) is 55.1 Å². The Morgan fingerprint density at radius 1 is 1.22 bits per heavy atom. The van der Waals surface area contributed by atoms with Crippen molar-refractivity contribution in [3.63, 3.8) is 0 Å². The first kappa shape index (κ1) is 12.9. The molecule has 0 aliphatic carbocycles. The summed E-state index contributed by atoms with van der Waals surface area (Å²) in [5, 5.41) is 1.89. The minimum atomic E-state index is -0.319. The first-order valence-corrected chi connectivity index (χ1v) is 6.76. The zero-order valence-corrected chi connectivity index (χ0v) is 11.1. The summed E-state index contributed by atoms with van der Waals surface area (Å²) in [5.74, 6) is 0.0525. The molecule has 0 aromatic carbocycles. The number of rotatable bonds is 1. The van der Waals surface area contributed by atoms with Gasteiger partial charge in [0.05, 0.1) is 12.0 Å². The van der Waals surface area contributed by atoms with E-state index in [0.29, 0.717) is 26.2 Å². The van der Waals surface area contributed by atoms with E-state index in [9.17, 15) is 9.59 Å². The molecule has 0 bridgehead atoms. The fourth-order valence-corrected chi connectivity index (χ4v) is 2.68. The summed E-state index contributed by atoms with van der Waals surface area (Å²) in [6.45, 7) is 2.42. The van der Waals surface area contributed by atoms with Crippen molar-refractivity contribution in [2.24, 2.45) is 0 Å². The maximum Gasteiger partial charge on any atom is 0.409 e. The normalized spacial score (nSPS) is 16.3. The summed E-state index contributed by atoms with van der Waals surface area (Å²) in [6.07, 6.45) is 0.465. The van der Waals surface area contributed by atoms with Crippen LogP contribution in [0.25, 0.3) is 0 Å². The van der Waals surface area contributed by atoms with Gasteiger partial charge in [-0.3, -0.25) is 4.79 Å². The van der Waals surface area contributed by atoms with Crippen LogP contribution in [0.4, 0.5) is 4.79 Å². The molecule has 2 amide bonds. The second kappa shape index (κ2) is 5.86. The van der Waals surface area contributed by atoms with E-state index in [4.69, 9.17) is 4.74 Å². The summed E-state index contributed by atoms with van der Waals surface area (Å²) >= 11 is 1.45. The Morgan fingerprint density at radius 3 is 2.61 bits per heavy atom. The molecule has 0 spiro atoms. The lowest BCUT2D eigenvalue weighted by atomic mass is 10.3. The van der Waals surface area contributed by atoms with Gasteiger partial charge in [-0.2, -0.15) is 0 Å². The van der Waals surface area contributed by atoms with E-state index in [1.54, 1.807) is 9.80 Å². The summed E-state index contributed by atoms with van der Waals surface area (Å²) in [4.78, 5) is 27.8. The highest BCUT2D eigenvalue weighted by atomic mass is 32.1. The first-order chi connectivity index (χ1) is 8.72. The van der Waals surface area contributed by atoms with Crippen molar-refractivity contribution >= 4 is 23.3 Å². The van der Waals surface area contributed by atoms with E-state index in [1.807, 2.05) is 17.5 Å². The number of carbonyl (C=O) groups is 2. The first-order valence-electron chi connectivity index (χ1n) is 5.88. The summed E-state index contributed by atoms with van der Waals surface area (Å²) < 4.78 is 4.70. The molecule has 1 saturated heterocycles. The number of carbonyl (C=O) groups excluding carboxylic acids is 2. The Morgan fingerprint density at radius 2 is 1.94 bits per heavy atom. The van der Waals surface area contributed by atoms with Crippen molar-refractivity contribution in [3.05, 3.63) is 22.4 Å². The zero-order valence-electron chi connectivity index (χ0n) is 10.3. The van der Waals surface area contributed by atoms with E-state index >= 15 is 0 Å². The maximum atomic E-state index is 12.2. The third-order valence-electron chi connectivity index (χ3n) is 2.95. The molecule has 0 unspecified atom stereocenters. The van der Waals surface area contributed by atoms with Crippen LogP contribution in [-0.2, 0) is 4.74 Å². The van der Waals surface area contributed by atoms with Gasteiger partial charge in [0.25, 0.3) is 5.91 Å². The third-order valence-corrected chi connectivity index (χ3v) is 3.81. The molecule has 6 heteroatoms. The van der Waals surface area contributed by atoms with Crippen molar-refractivity contribution in [3.8, 4) is 0 Å². The third kappa shape index (κ3) is 2.81.